The average molecular weight is 346 g/mol. The largest absolute Gasteiger partial charge is 0.454 e. The second-order valence-electron chi connectivity index (χ2n) is 5.60. The first-order valence-corrected chi connectivity index (χ1v) is 8.18. The van der Waals surface area contributed by atoms with Crippen molar-refractivity contribution in [3.05, 3.63) is 53.3 Å². The molecule has 0 atom stereocenters. The normalized spacial score (nSPS) is 12.1. The van der Waals surface area contributed by atoms with Gasteiger partial charge in [0, 0.05) is 18.8 Å². The lowest BCUT2D eigenvalue weighted by Crippen LogP contribution is -2.34. The SMILES string of the molecule is CCN(Cc1ccc2c(c1)OCO2)C(=S)Nc1ccc(C)c(F)c1. The first-order chi connectivity index (χ1) is 11.6. The highest BCUT2D eigenvalue weighted by atomic mass is 32.1. The van der Waals surface area contributed by atoms with Gasteiger partial charge in [-0.3, -0.25) is 0 Å². The Balaban J connectivity index is 1.68. The maximum Gasteiger partial charge on any atom is 0.231 e. The molecule has 1 N–H and O–H groups in total. The molecule has 0 bridgehead atoms. The van der Waals surface area contributed by atoms with Gasteiger partial charge in [0.25, 0.3) is 0 Å². The fraction of sp³-hybridized carbons (Fsp3) is 0.278. The number of fused-ring (bicyclic) bond motifs is 1. The molecule has 2 aromatic carbocycles. The number of hydrogen-bond donors (Lipinski definition) is 1. The number of nitrogens with one attached hydrogen (secondary N) is 1. The molecule has 1 aliphatic heterocycles. The number of ether oxygens (including phenoxy) is 2. The van der Waals surface area contributed by atoms with Gasteiger partial charge in [-0.15, -0.1) is 0 Å². The van der Waals surface area contributed by atoms with Crippen molar-refractivity contribution in [3.8, 4) is 11.5 Å². The summed E-state index contributed by atoms with van der Waals surface area (Å²) in [6.07, 6.45) is 0. The van der Waals surface area contributed by atoms with Crippen LogP contribution in [0.2, 0.25) is 0 Å². The molecule has 0 unspecified atom stereocenters. The minimum absolute atomic E-state index is 0.249. The maximum atomic E-state index is 13.7. The molecule has 0 aromatic heterocycles. The van der Waals surface area contributed by atoms with E-state index in [0.717, 1.165) is 23.6 Å². The van der Waals surface area contributed by atoms with Crippen molar-refractivity contribution in [2.45, 2.75) is 20.4 Å². The molecule has 3 rings (SSSR count). The van der Waals surface area contributed by atoms with Crippen molar-refractivity contribution in [3.63, 3.8) is 0 Å². The van der Waals surface area contributed by atoms with Gasteiger partial charge in [0.2, 0.25) is 6.79 Å². The minimum atomic E-state index is -0.249. The molecule has 4 nitrogen and oxygen atoms in total. The number of aryl methyl sites for hydroxylation is 1. The first-order valence-electron chi connectivity index (χ1n) is 7.77. The number of halogens is 1. The summed E-state index contributed by atoms with van der Waals surface area (Å²) >= 11 is 5.47. The molecule has 0 saturated heterocycles. The van der Waals surface area contributed by atoms with E-state index in [9.17, 15) is 4.39 Å². The quantitative estimate of drug-likeness (QED) is 0.844. The number of thiocarbonyl (C=S) groups is 1. The van der Waals surface area contributed by atoms with E-state index in [2.05, 4.69) is 5.32 Å². The lowest BCUT2D eigenvalue weighted by molar-refractivity contribution is 0.174. The number of nitrogens with zero attached hydrogens (tertiary/aromatic N) is 1. The molecule has 0 spiro atoms. The van der Waals surface area contributed by atoms with Crippen molar-refractivity contribution in [1.29, 1.82) is 0 Å². The van der Waals surface area contributed by atoms with Gasteiger partial charge in [-0.2, -0.15) is 0 Å². The number of anilines is 1. The fourth-order valence-corrected chi connectivity index (χ4v) is 2.77. The van der Waals surface area contributed by atoms with Crippen LogP contribution < -0.4 is 14.8 Å². The van der Waals surface area contributed by atoms with Crippen LogP contribution in [0.1, 0.15) is 18.1 Å². The van der Waals surface area contributed by atoms with Crippen molar-refractivity contribution in [2.75, 3.05) is 18.7 Å². The van der Waals surface area contributed by atoms with Gasteiger partial charge in [0.05, 0.1) is 0 Å². The Morgan fingerprint density at radius 1 is 1.21 bits per heavy atom. The molecule has 0 amide bonds. The van der Waals surface area contributed by atoms with Crippen molar-refractivity contribution < 1.29 is 13.9 Å². The Labute approximate surface area is 146 Å². The monoisotopic (exact) mass is 346 g/mol. The minimum Gasteiger partial charge on any atom is -0.454 e. The molecule has 24 heavy (non-hydrogen) atoms. The van der Waals surface area contributed by atoms with Gasteiger partial charge in [-0.1, -0.05) is 12.1 Å². The highest BCUT2D eigenvalue weighted by molar-refractivity contribution is 7.80. The topological polar surface area (TPSA) is 33.7 Å². The van der Waals surface area contributed by atoms with E-state index in [0.29, 0.717) is 22.9 Å². The van der Waals surface area contributed by atoms with Gasteiger partial charge in [0.1, 0.15) is 5.82 Å². The summed E-state index contributed by atoms with van der Waals surface area (Å²) in [4.78, 5) is 2.00. The molecule has 0 fully saturated rings. The zero-order chi connectivity index (χ0) is 17.1. The molecule has 2 aromatic rings. The summed E-state index contributed by atoms with van der Waals surface area (Å²) in [5.74, 6) is 1.27. The van der Waals surface area contributed by atoms with Crippen LogP contribution in [0, 0.1) is 12.7 Å². The van der Waals surface area contributed by atoms with Crippen LogP contribution in [0.4, 0.5) is 10.1 Å². The van der Waals surface area contributed by atoms with Crippen LogP contribution in [0.5, 0.6) is 11.5 Å². The summed E-state index contributed by atoms with van der Waals surface area (Å²) in [6.45, 7) is 5.38. The number of rotatable bonds is 4. The van der Waals surface area contributed by atoms with Crippen LogP contribution >= 0.6 is 12.2 Å². The standard InChI is InChI=1S/C18H19FN2O2S/c1-3-21(10-13-5-7-16-17(8-13)23-11-22-16)18(24)20-14-6-4-12(2)15(19)9-14/h4-9H,3,10-11H2,1-2H3,(H,20,24). The van der Waals surface area contributed by atoms with E-state index >= 15 is 0 Å². The Hall–Kier alpha value is -2.34. The van der Waals surface area contributed by atoms with Crippen molar-refractivity contribution >= 4 is 23.0 Å². The highest BCUT2D eigenvalue weighted by Crippen LogP contribution is 2.32. The zero-order valence-corrected chi connectivity index (χ0v) is 14.5. The van der Waals surface area contributed by atoms with Crippen molar-refractivity contribution in [2.24, 2.45) is 0 Å². The third kappa shape index (κ3) is 3.59. The molecule has 1 aliphatic rings. The smallest absolute Gasteiger partial charge is 0.231 e. The summed E-state index contributed by atoms with van der Waals surface area (Å²) in [5.41, 5.74) is 2.33. The third-order valence-corrected chi connectivity index (χ3v) is 4.26. The zero-order valence-electron chi connectivity index (χ0n) is 13.6. The van der Waals surface area contributed by atoms with E-state index in [1.54, 1.807) is 13.0 Å². The Morgan fingerprint density at radius 2 is 2.00 bits per heavy atom. The average Bonchev–Trinajstić information content (AvgIpc) is 3.03. The molecule has 6 heteroatoms. The van der Waals surface area contributed by atoms with Crippen molar-refractivity contribution in [1.82, 2.24) is 4.90 Å². The van der Waals surface area contributed by atoms with Gasteiger partial charge < -0.3 is 19.7 Å². The van der Waals surface area contributed by atoms with E-state index in [-0.39, 0.29) is 12.6 Å². The second-order valence-corrected chi connectivity index (χ2v) is 5.98. The molecule has 0 radical (unpaired) electrons. The van der Waals surface area contributed by atoms with Crippen LogP contribution in [-0.4, -0.2) is 23.4 Å². The summed E-state index contributed by atoms with van der Waals surface area (Å²) < 4.78 is 24.4. The Bertz CT molecular complexity index is 767. The van der Waals surface area contributed by atoms with Crippen LogP contribution in [0.15, 0.2) is 36.4 Å². The van der Waals surface area contributed by atoms with Gasteiger partial charge in [-0.25, -0.2) is 4.39 Å². The maximum absolute atomic E-state index is 13.7. The lowest BCUT2D eigenvalue weighted by Gasteiger charge is -2.24. The highest BCUT2D eigenvalue weighted by Gasteiger charge is 2.15. The van der Waals surface area contributed by atoms with E-state index in [1.807, 2.05) is 36.1 Å². The molecule has 1 heterocycles. The molecular weight excluding hydrogens is 327 g/mol. The summed E-state index contributed by atoms with van der Waals surface area (Å²) in [6, 6.07) is 10.9. The summed E-state index contributed by atoms with van der Waals surface area (Å²) in [5, 5.41) is 3.65. The van der Waals surface area contributed by atoms with Crippen LogP contribution in [0.3, 0.4) is 0 Å². The fourth-order valence-electron chi connectivity index (χ4n) is 2.46. The molecule has 0 saturated carbocycles. The number of hydrogen-bond acceptors (Lipinski definition) is 3. The molecular formula is C18H19FN2O2S. The second kappa shape index (κ2) is 7.05. The first kappa shape index (κ1) is 16.5. The van der Waals surface area contributed by atoms with Gasteiger partial charge >= 0.3 is 0 Å². The Kier molecular flexibility index (Phi) is 4.85. The van der Waals surface area contributed by atoms with Gasteiger partial charge in [0.15, 0.2) is 16.6 Å². The van der Waals surface area contributed by atoms with E-state index in [4.69, 9.17) is 21.7 Å². The molecule has 126 valence electrons. The third-order valence-electron chi connectivity index (χ3n) is 3.90. The molecule has 0 aliphatic carbocycles. The van der Waals surface area contributed by atoms with E-state index in [1.165, 1.54) is 6.07 Å². The lowest BCUT2D eigenvalue weighted by atomic mass is 10.2. The van der Waals surface area contributed by atoms with Crippen LogP contribution in [0.25, 0.3) is 0 Å². The van der Waals surface area contributed by atoms with E-state index < -0.39 is 0 Å². The van der Waals surface area contributed by atoms with Crippen LogP contribution in [-0.2, 0) is 6.54 Å². The Morgan fingerprint density at radius 3 is 2.75 bits per heavy atom. The predicted octanol–water partition coefficient (Wildman–Crippen LogP) is 4.08. The summed E-state index contributed by atoms with van der Waals surface area (Å²) in [7, 11) is 0. The van der Waals surface area contributed by atoms with Gasteiger partial charge in [-0.05, 0) is 61.5 Å². The predicted molar refractivity (Wildman–Crippen MR) is 96.0 cm³/mol. The number of benzene rings is 2.